The highest BCUT2D eigenvalue weighted by molar-refractivity contribution is 7.91. The molecule has 8 saturated carbocycles. The first-order valence-electron chi connectivity index (χ1n) is 25.8. The Balaban J connectivity index is 0.000000144. The van der Waals surface area contributed by atoms with Gasteiger partial charge in [-0.05, 0) is 153 Å². The third kappa shape index (κ3) is 7.65. The van der Waals surface area contributed by atoms with Crippen LogP contribution in [-0.4, -0.2) is 114 Å². The molecule has 8 aliphatic rings. The molecule has 0 aliphatic heterocycles. The van der Waals surface area contributed by atoms with E-state index in [1.54, 1.807) is 84.4 Å². The van der Waals surface area contributed by atoms with Crippen LogP contribution in [0.3, 0.4) is 0 Å². The van der Waals surface area contributed by atoms with Gasteiger partial charge in [-0.3, -0.25) is 8.80 Å². The molecule has 1 N–H and O–H groups in total. The summed E-state index contributed by atoms with van der Waals surface area (Å²) in [7, 11) is -12.4. The summed E-state index contributed by atoms with van der Waals surface area (Å²) in [6.07, 6.45) is 18.7. The van der Waals surface area contributed by atoms with Crippen molar-refractivity contribution in [1.82, 2.24) is 56.1 Å². The quantitative estimate of drug-likeness (QED) is 0.138. The number of aryl methyl sites for hydroxylation is 2. The fourth-order valence-corrected chi connectivity index (χ4v) is 19.3. The van der Waals surface area contributed by atoms with Crippen molar-refractivity contribution in [3.05, 3.63) is 108 Å². The van der Waals surface area contributed by atoms with E-state index in [1.165, 1.54) is 20.3 Å². The Morgan fingerprint density at radius 3 is 1.32 bits per heavy atom. The molecule has 0 spiro atoms. The number of hydrogen-bond donors (Lipinski definition) is 1. The molecule has 4 bridgehead atoms. The van der Waals surface area contributed by atoms with Crippen LogP contribution in [0.4, 0.5) is 0 Å². The minimum atomic E-state index is -3.84. The van der Waals surface area contributed by atoms with Crippen LogP contribution in [0.25, 0.3) is 33.6 Å². The molecule has 75 heavy (non-hydrogen) atoms. The summed E-state index contributed by atoms with van der Waals surface area (Å²) in [6, 6.07) is 17.0. The SMILES string of the molecule is Cc1ccc(S(=O)(=O)n2ccc3c2ncc2nnc(C45CCC(N(C)S(=O)(=O)C6CC6)(CC4)CC5)n23)cc1.Cc1ccc(S(=O)(=O)n2ccc3c2ncc2nnc(C45CCC(NS(=O)(=O)C6CC6)(CC4)CC5)n23)cc1. The first-order valence-corrected chi connectivity index (χ1v) is 31.7. The van der Waals surface area contributed by atoms with Gasteiger partial charge in [-0.15, -0.1) is 20.4 Å². The van der Waals surface area contributed by atoms with Gasteiger partial charge in [-0.1, -0.05) is 35.4 Å². The van der Waals surface area contributed by atoms with E-state index in [2.05, 4.69) is 35.1 Å². The molecule has 0 amide bonds. The number of nitrogens with one attached hydrogen (secondary N) is 1. The standard InChI is InChI=1S/C26H30N6O4S2.C25H28N6O4S2/c1-18-3-5-20(6-4-18)38(35,36)31-16-9-21-23(31)27-17-22-28-29-24(32(21)22)25-10-13-26(14-11-25,15-12-25)30(2)37(33,34)19-7-8-19;1-17-2-4-19(5-3-17)37(34,35)30-15-8-20-22(30)26-16-21-27-28-23(31(20)21)24-9-12-25(13-10-24,14-11-24)29-36(32,33)18-6-7-18/h3-6,9,16-17,19H,7-8,10-15H2,1-2H3;2-5,8,15-16,18,29H,6-7,9-14H2,1H3. The van der Waals surface area contributed by atoms with Crippen molar-refractivity contribution in [3.8, 4) is 0 Å². The second kappa shape index (κ2) is 16.7. The highest BCUT2D eigenvalue weighted by atomic mass is 32.2. The summed E-state index contributed by atoms with van der Waals surface area (Å²) in [5.74, 6) is 1.62. The second-order valence-electron chi connectivity index (χ2n) is 22.4. The van der Waals surface area contributed by atoms with Crippen molar-refractivity contribution in [2.24, 2.45) is 0 Å². The van der Waals surface area contributed by atoms with Crippen molar-refractivity contribution in [2.75, 3.05) is 7.05 Å². The lowest BCUT2D eigenvalue weighted by Crippen LogP contribution is -2.59. The third-order valence-corrected chi connectivity index (χ3v) is 25.8. The molecule has 24 heteroatoms. The van der Waals surface area contributed by atoms with Gasteiger partial charge in [0, 0.05) is 41.3 Å². The zero-order chi connectivity index (χ0) is 52.1. The maximum Gasteiger partial charge on any atom is 0.269 e. The van der Waals surface area contributed by atoms with Gasteiger partial charge in [0.05, 0.1) is 43.7 Å². The molecule has 20 nitrogen and oxygen atoms in total. The lowest BCUT2D eigenvalue weighted by molar-refractivity contribution is 0.0295. The maximum atomic E-state index is 13.5. The second-order valence-corrected chi connectivity index (χ2v) is 30.2. The minimum Gasteiger partial charge on any atom is -0.274 e. The first kappa shape index (κ1) is 48.9. The molecule has 0 radical (unpaired) electrons. The van der Waals surface area contributed by atoms with E-state index in [0.29, 0.717) is 33.6 Å². The smallest absolute Gasteiger partial charge is 0.269 e. The molecule has 0 atom stereocenters. The normalized spacial score (nSPS) is 26.2. The number of fused-ring (bicyclic) bond motifs is 12. The molecule has 6 aromatic heterocycles. The van der Waals surface area contributed by atoms with E-state index in [4.69, 9.17) is 0 Å². The highest BCUT2D eigenvalue weighted by Gasteiger charge is 2.57. The zero-order valence-electron chi connectivity index (χ0n) is 41.9. The molecule has 8 aliphatic carbocycles. The molecule has 0 unspecified atom stereocenters. The molecule has 8 aromatic rings. The molecule has 8 fully saturated rings. The van der Waals surface area contributed by atoms with E-state index in [9.17, 15) is 33.7 Å². The van der Waals surface area contributed by atoms with Gasteiger partial charge < -0.3 is 0 Å². The van der Waals surface area contributed by atoms with Crippen LogP contribution in [0.2, 0.25) is 0 Å². The number of hydrogen-bond acceptors (Lipinski definition) is 14. The number of rotatable bonds is 12. The van der Waals surface area contributed by atoms with Crippen molar-refractivity contribution >= 4 is 73.7 Å². The molecule has 2 aromatic carbocycles. The zero-order valence-corrected chi connectivity index (χ0v) is 45.1. The average molecular weight is 1100 g/mol. The molecule has 6 heterocycles. The van der Waals surface area contributed by atoms with Gasteiger partial charge in [0.1, 0.15) is 11.6 Å². The van der Waals surface area contributed by atoms with E-state index in [0.717, 1.165) is 126 Å². The van der Waals surface area contributed by atoms with Gasteiger partial charge in [0.2, 0.25) is 20.0 Å². The van der Waals surface area contributed by atoms with Gasteiger partial charge in [0.15, 0.2) is 22.6 Å². The van der Waals surface area contributed by atoms with E-state index in [1.807, 2.05) is 22.6 Å². The average Bonchev–Trinajstić information content (AvgIpc) is 4.27. The maximum absolute atomic E-state index is 13.5. The lowest BCUT2D eigenvalue weighted by atomic mass is 9.57. The summed E-state index contributed by atoms with van der Waals surface area (Å²) >= 11 is 0. The number of nitrogens with zero attached hydrogens (tertiary/aromatic N) is 11. The number of benzene rings is 2. The molecule has 16 rings (SSSR count). The van der Waals surface area contributed by atoms with E-state index in [-0.39, 0.29) is 42.2 Å². The Kier molecular flexibility index (Phi) is 10.9. The molecule has 394 valence electrons. The summed E-state index contributed by atoms with van der Waals surface area (Å²) in [5, 5.41) is 17.5. The van der Waals surface area contributed by atoms with Crippen LogP contribution in [0, 0.1) is 13.8 Å². The summed E-state index contributed by atoms with van der Waals surface area (Å²) in [6.45, 7) is 3.83. The fourth-order valence-electron chi connectivity index (χ4n) is 12.9. The largest absolute Gasteiger partial charge is 0.274 e. The highest BCUT2D eigenvalue weighted by Crippen LogP contribution is 2.57. The Hall–Kier alpha value is -5.66. The van der Waals surface area contributed by atoms with Crippen molar-refractivity contribution in [2.45, 2.75) is 159 Å². The van der Waals surface area contributed by atoms with Crippen molar-refractivity contribution in [3.63, 3.8) is 0 Å². The Morgan fingerprint density at radius 2 is 0.920 bits per heavy atom. The third-order valence-electron chi connectivity index (χ3n) is 17.9. The molecule has 0 saturated heterocycles. The van der Waals surface area contributed by atoms with Gasteiger partial charge >= 0.3 is 0 Å². The number of sulfonamides is 2. The van der Waals surface area contributed by atoms with Crippen molar-refractivity contribution < 1.29 is 33.7 Å². The van der Waals surface area contributed by atoms with Crippen LogP contribution in [-0.2, 0) is 50.9 Å². The van der Waals surface area contributed by atoms with E-state index < -0.39 is 40.1 Å². The van der Waals surface area contributed by atoms with Crippen molar-refractivity contribution in [1.29, 1.82) is 0 Å². The van der Waals surface area contributed by atoms with E-state index >= 15 is 0 Å². The summed E-state index contributed by atoms with van der Waals surface area (Å²) in [5.41, 5.74) is 3.86. The Labute approximate surface area is 435 Å². The number of aromatic nitrogens is 10. The van der Waals surface area contributed by atoms with Crippen LogP contribution >= 0.6 is 0 Å². The summed E-state index contributed by atoms with van der Waals surface area (Å²) in [4.78, 5) is 9.32. The van der Waals surface area contributed by atoms with Gasteiger partial charge in [0.25, 0.3) is 20.0 Å². The predicted molar refractivity (Wildman–Crippen MR) is 279 cm³/mol. The monoisotopic (exact) mass is 1090 g/mol. The topological polar surface area (TPSA) is 248 Å². The van der Waals surface area contributed by atoms with Gasteiger partial charge in [-0.25, -0.2) is 56.3 Å². The van der Waals surface area contributed by atoms with Crippen LogP contribution in [0.15, 0.2) is 95.2 Å². The Morgan fingerprint density at radius 1 is 0.520 bits per heavy atom. The molecular weight excluding hydrogens is 1040 g/mol. The first-order chi connectivity index (χ1) is 35.7. The lowest BCUT2D eigenvalue weighted by Gasteiger charge is -2.55. The minimum absolute atomic E-state index is 0.199. The molecular formula is C51H58N12O8S4. The summed E-state index contributed by atoms with van der Waals surface area (Å²) < 4.78 is 116. The van der Waals surface area contributed by atoms with Crippen LogP contribution < -0.4 is 4.72 Å². The predicted octanol–water partition coefficient (Wildman–Crippen LogP) is 6.44. The Bertz CT molecular complexity index is 4060. The van der Waals surface area contributed by atoms with Crippen LogP contribution in [0.1, 0.15) is 126 Å². The van der Waals surface area contributed by atoms with Crippen LogP contribution in [0.5, 0.6) is 0 Å². The fraction of sp³-hybridized carbons (Fsp3) is 0.490. The van der Waals surface area contributed by atoms with Gasteiger partial charge in [-0.2, -0.15) is 4.31 Å².